The Bertz CT molecular complexity index is 1390. The van der Waals surface area contributed by atoms with Gasteiger partial charge in [-0.2, -0.15) is 0 Å². The van der Waals surface area contributed by atoms with Crippen LogP contribution in [0.1, 0.15) is 75.7 Å². The lowest BCUT2D eigenvalue weighted by Gasteiger charge is -2.36. The largest absolute Gasteiger partial charge is 0.370 e. The van der Waals surface area contributed by atoms with Gasteiger partial charge in [0.25, 0.3) is 11.8 Å². The second-order valence-corrected chi connectivity index (χ2v) is 10.8. The lowest BCUT2D eigenvalue weighted by atomic mass is 9.92. The highest BCUT2D eigenvalue weighted by Gasteiger charge is 2.40. The molecule has 0 unspecified atom stereocenters. The smallest absolute Gasteiger partial charge is 0.264 e. The van der Waals surface area contributed by atoms with Crippen LogP contribution in [0.3, 0.4) is 0 Å². The van der Waals surface area contributed by atoms with Gasteiger partial charge < -0.3 is 9.80 Å². The molecule has 2 atom stereocenters. The second kappa shape index (κ2) is 10.6. The third-order valence-electron chi connectivity index (χ3n) is 8.45. The van der Waals surface area contributed by atoms with Crippen LogP contribution in [0.5, 0.6) is 0 Å². The van der Waals surface area contributed by atoms with Gasteiger partial charge in [-0.05, 0) is 62.6 Å². The molecule has 1 aromatic heterocycles. The van der Waals surface area contributed by atoms with Gasteiger partial charge in [-0.25, -0.2) is 4.63 Å². The molecular weight excluding hydrogens is 494 g/mol. The van der Waals surface area contributed by atoms with E-state index in [1.165, 1.54) is 10.5 Å². The van der Waals surface area contributed by atoms with Gasteiger partial charge in [0.1, 0.15) is 11.4 Å². The summed E-state index contributed by atoms with van der Waals surface area (Å²) in [5.74, 6) is -0.126. The first-order chi connectivity index (χ1) is 19.0. The lowest BCUT2D eigenvalue weighted by Crippen LogP contribution is -2.45. The summed E-state index contributed by atoms with van der Waals surface area (Å²) in [6.45, 7) is 4.59. The SMILES string of the molecule is Cc1nonc1CN1C(=O)c2cccc(N3CCC[C@H](C(=O)N4CCC[C@@H](c5ccccc5)CC4)C3)c2C1=O. The summed E-state index contributed by atoms with van der Waals surface area (Å²) in [7, 11) is 0. The molecule has 0 aliphatic carbocycles. The minimum absolute atomic E-state index is 0.0150. The number of anilines is 1. The molecule has 0 bridgehead atoms. The Kier molecular flexibility index (Phi) is 6.89. The van der Waals surface area contributed by atoms with Gasteiger partial charge >= 0.3 is 0 Å². The summed E-state index contributed by atoms with van der Waals surface area (Å²) >= 11 is 0. The molecule has 202 valence electrons. The number of carbonyl (C=O) groups excluding carboxylic acids is 3. The van der Waals surface area contributed by atoms with E-state index >= 15 is 0 Å². The number of rotatable bonds is 5. The quantitative estimate of drug-likeness (QED) is 0.459. The third-order valence-corrected chi connectivity index (χ3v) is 8.45. The second-order valence-electron chi connectivity index (χ2n) is 10.8. The number of carbonyl (C=O) groups is 3. The van der Waals surface area contributed by atoms with Crippen molar-refractivity contribution in [1.82, 2.24) is 20.1 Å². The Hall–Kier alpha value is -4.01. The number of aryl methyl sites for hydroxylation is 1. The van der Waals surface area contributed by atoms with Crippen LogP contribution in [0.25, 0.3) is 0 Å². The van der Waals surface area contributed by atoms with Gasteiger partial charge in [0.2, 0.25) is 5.91 Å². The monoisotopic (exact) mass is 527 g/mol. The maximum Gasteiger partial charge on any atom is 0.264 e. The van der Waals surface area contributed by atoms with Crippen molar-refractivity contribution in [3.63, 3.8) is 0 Å². The number of hydrogen-bond donors (Lipinski definition) is 0. The number of amides is 3. The molecule has 3 aliphatic rings. The van der Waals surface area contributed by atoms with Crippen molar-refractivity contribution in [2.45, 2.75) is 51.5 Å². The van der Waals surface area contributed by atoms with E-state index in [0.717, 1.165) is 57.4 Å². The highest BCUT2D eigenvalue weighted by molar-refractivity contribution is 6.23. The van der Waals surface area contributed by atoms with Crippen LogP contribution in [0.2, 0.25) is 0 Å². The molecule has 6 rings (SSSR count). The van der Waals surface area contributed by atoms with Gasteiger partial charge in [-0.3, -0.25) is 19.3 Å². The topological polar surface area (TPSA) is 99.8 Å². The van der Waals surface area contributed by atoms with Crippen LogP contribution < -0.4 is 4.90 Å². The minimum Gasteiger partial charge on any atom is -0.370 e. The number of nitrogens with zero attached hydrogens (tertiary/aromatic N) is 5. The van der Waals surface area contributed by atoms with Crippen LogP contribution >= 0.6 is 0 Å². The predicted molar refractivity (Wildman–Crippen MR) is 144 cm³/mol. The summed E-state index contributed by atoms with van der Waals surface area (Å²) in [4.78, 5) is 45.7. The Morgan fingerprint density at radius 3 is 2.54 bits per heavy atom. The molecule has 0 spiro atoms. The zero-order chi connectivity index (χ0) is 26.9. The summed E-state index contributed by atoms with van der Waals surface area (Å²) in [5.41, 5.74) is 3.89. The van der Waals surface area contributed by atoms with E-state index in [1.54, 1.807) is 13.0 Å². The number of fused-ring (bicyclic) bond motifs is 1. The fourth-order valence-corrected chi connectivity index (χ4v) is 6.30. The fourth-order valence-electron chi connectivity index (χ4n) is 6.30. The summed E-state index contributed by atoms with van der Waals surface area (Å²) in [5, 5.41) is 7.60. The summed E-state index contributed by atoms with van der Waals surface area (Å²) in [6, 6.07) is 16.0. The average molecular weight is 528 g/mol. The molecule has 39 heavy (non-hydrogen) atoms. The molecule has 9 heteroatoms. The molecule has 0 N–H and O–H groups in total. The molecule has 0 saturated carbocycles. The van der Waals surface area contributed by atoms with E-state index in [9.17, 15) is 14.4 Å². The van der Waals surface area contributed by atoms with Crippen molar-refractivity contribution in [1.29, 1.82) is 0 Å². The normalized spacial score (nSPS) is 21.7. The first-order valence-corrected chi connectivity index (χ1v) is 13.9. The molecule has 3 aliphatic heterocycles. The van der Waals surface area contributed by atoms with Gasteiger partial charge in [0.15, 0.2) is 0 Å². The summed E-state index contributed by atoms with van der Waals surface area (Å²) < 4.78 is 4.75. The van der Waals surface area contributed by atoms with E-state index in [-0.39, 0.29) is 30.2 Å². The maximum absolute atomic E-state index is 13.7. The zero-order valence-electron chi connectivity index (χ0n) is 22.2. The van der Waals surface area contributed by atoms with Crippen molar-refractivity contribution in [2.75, 3.05) is 31.1 Å². The Morgan fingerprint density at radius 2 is 1.74 bits per heavy atom. The van der Waals surface area contributed by atoms with Crippen LogP contribution in [0.15, 0.2) is 53.2 Å². The fraction of sp³-hybridized carbons (Fsp3) is 0.433. The first kappa shape index (κ1) is 25.3. The van der Waals surface area contributed by atoms with Crippen LogP contribution in [-0.2, 0) is 11.3 Å². The number of benzene rings is 2. The molecule has 9 nitrogen and oxygen atoms in total. The van der Waals surface area contributed by atoms with E-state index in [2.05, 4.69) is 44.4 Å². The van der Waals surface area contributed by atoms with Crippen molar-refractivity contribution in [2.24, 2.45) is 5.92 Å². The molecule has 2 saturated heterocycles. The van der Waals surface area contributed by atoms with Crippen molar-refractivity contribution in [3.8, 4) is 0 Å². The number of piperidine rings is 1. The lowest BCUT2D eigenvalue weighted by molar-refractivity contribution is -0.135. The first-order valence-electron chi connectivity index (χ1n) is 13.9. The van der Waals surface area contributed by atoms with Gasteiger partial charge in [-0.1, -0.05) is 46.7 Å². The third kappa shape index (κ3) is 4.82. The molecule has 2 fully saturated rings. The van der Waals surface area contributed by atoms with E-state index in [0.29, 0.717) is 35.0 Å². The van der Waals surface area contributed by atoms with Crippen molar-refractivity contribution in [3.05, 3.63) is 76.6 Å². The number of hydrogen-bond acceptors (Lipinski definition) is 7. The minimum atomic E-state index is -0.346. The van der Waals surface area contributed by atoms with E-state index in [1.807, 2.05) is 18.2 Å². The van der Waals surface area contributed by atoms with E-state index in [4.69, 9.17) is 4.63 Å². The number of imide groups is 1. The standard InChI is InChI=1S/C30H33N5O4/c1-20-25(32-39-31-20)19-35-29(37)24-12-5-13-26(27(24)30(35)38)34-16-7-11-23(18-34)28(36)33-15-6-10-22(14-17-33)21-8-3-2-4-9-21/h2-5,8-9,12-13,22-23H,6-7,10-11,14-19H2,1H3/t22-,23+/m1/s1. The maximum atomic E-state index is 13.7. The Labute approximate surface area is 227 Å². The van der Waals surface area contributed by atoms with Gasteiger partial charge in [-0.15, -0.1) is 0 Å². The molecule has 3 amide bonds. The highest BCUT2D eigenvalue weighted by atomic mass is 16.6. The molecule has 4 heterocycles. The predicted octanol–water partition coefficient (Wildman–Crippen LogP) is 4.19. The van der Waals surface area contributed by atoms with E-state index < -0.39 is 0 Å². The van der Waals surface area contributed by atoms with Crippen LogP contribution in [0, 0.1) is 12.8 Å². The molecule has 2 aromatic carbocycles. The van der Waals surface area contributed by atoms with Gasteiger partial charge in [0.05, 0.1) is 29.3 Å². The highest BCUT2D eigenvalue weighted by Crippen LogP contribution is 2.35. The number of likely N-dealkylation sites (tertiary alicyclic amines) is 1. The van der Waals surface area contributed by atoms with Crippen LogP contribution in [-0.4, -0.2) is 64.0 Å². The Balaban J connectivity index is 1.16. The Morgan fingerprint density at radius 1 is 0.923 bits per heavy atom. The van der Waals surface area contributed by atoms with Crippen molar-refractivity contribution < 1.29 is 19.0 Å². The molecule has 3 aromatic rings. The van der Waals surface area contributed by atoms with Crippen LogP contribution in [0.4, 0.5) is 5.69 Å². The molecular formula is C30H33N5O4. The average Bonchev–Trinajstić information content (AvgIpc) is 3.36. The van der Waals surface area contributed by atoms with Gasteiger partial charge in [0, 0.05) is 26.2 Å². The summed E-state index contributed by atoms with van der Waals surface area (Å²) in [6.07, 6.45) is 4.76. The van der Waals surface area contributed by atoms with Crippen molar-refractivity contribution >= 4 is 23.4 Å². The number of aromatic nitrogens is 2. The molecule has 0 radical (unpaired) electrons. The zero-order valence-corrected chi connectivity index (χ0v) is 22.2.